The minimum absolute atomic E-state index is 0.0508. The molecule has 1 aliphatic heterocycles. The van der Waals surface area contributed by atoms with Gasteiger partial charge in [-0.05, 0) is 32.0 Å². The lowest BCUT2D eigenvalue weighted by Crippen LogP contribution is -2.51. The minimum Gasteiger partial charge on any atom is -0.372 e. The van der Waals surface area contributed by atoms with Crippen molar-refractivity contribution in [2.75, 3.05) is 13.1 Å². The molecular weight excluding hydrogens is 349 g/mol. The molecule has 0 aromatic heterocycles. The zero-order valence-electron chi connectivity index (χ0n) is 12.2. The first kappa shape index (κ1) is 17.3. The van der Waals surface area contributed by atoms with Crippen LogP contribution in [0.5, 0.6) is 0 Å². The van der Waals surface area contributed by atoms with Crippen molar-refractivity contribution < 1.29 is 13.2 Å². The molecule has 1 heterocycles. The molecule has 0 amide bonds. The number of rotatable bonds is 2. The highest BCUT2D eigenvalue weighted by Gasteiger charge is 2.25. The van der Waals surface area contributed by atoms with Gasteiger partial charge in [0.2, 0.25) is 5.96 Å². The Balaban J connectivity index is 2.27. The van der Waals surface area contributed by atoms with Crippen LogP contribution in [0.4, 0.5) is 0 Å². The predicted molar refractivity (Wildman–Crippen MR) is 86.9 cm³/mol. The summed E-state index contributed by atoms with van der Waals surface area (Å²) in [5, 5.41) is 0.415. The first-order valence-corrected chi connectivity index (χ1v) is 8.84. The largest absolute Gasteiger partial charge is 0.372 e. The Morgan fingerprint density at radius 3 is 2.41 bits per heavy atom. The van der Waals surface area contributed by atoms with Crippen LogP contribution >= 0.6 is 23.2 Å². The first-order chi connectivity index (χ1) is 10.2. The summed E-state index contributed by atoms with van der Waals surface area (Å²) in [6.07, 6.45) is -0.102. The molecule has 2 rings (SSSR count). The van der Waals surface area contributed by atoms with Gasteiger partial charge in [-0.15, -0.1) is 4.40 Å². The highest BCUT2D eigenvalue weighted by Crippen LogP contribution is 2.25. The fourth-order valence-corrected chi connectivity index (χ4v) is 3.57. The van der Waals surface area contributed by atoms with E-state index in [2.05, 4.69) is 4.40 Å². The van der Waals surface area contributed by atoms with Gasteiger partial charge in [0.15, 0.2) is 0 Å². The highest BCUT2D eigenvalue weighted by molar-refractivity contribution is 7.90. The van der Waals surface area contributed by atoms with Gasteiger partial charge in [0.1, 0.15) is 0 Å². The molecule has 1 aromatic rings. The maximum absolute atomic E-state index is 12.3. The van der Waals surface area contributed by atoms with Crippen molar-refractivity contribution in [1.82, 2.24) is 4.90 Å². The number of sulfonamides is 1. The molecular formula is C13H17Cl2N3O3S. The monoisotopic (exact) mass is 365 g/mol. The molecule has 1 fully saturated rings. The van der Waals surface area contributed by atoms with E-state index in [1.807, 2.05) is 13.8 Å². The molecule has 9 heteroatoms. The molecule has 122 valence electrons. The highest BCUT2D eigenvalue weighted by atomic mass is 35.5. The van der Waals surface area contributed by atoms with Crippen LogP contribution in [0.1, 0.15) is 13.8 Å². The van der Waals surface area contributed by atoms with Gasteiger partial charge in [-0.3, -0.25) is 0 Å². The molecule has 1 aliphatic rings. The number of guanidine groups is 1. The molecule has 2 N–H and O–H groups in total. The fraction of sp³-hybridized carbons (Fsp3) is 0.462. The molecule has 1 saturated heterocycles. The molecule has 2 atom stereocenters. The van der Waals surface area contributed by atoms with Gasteiger partial charge in [-0.2, -0.15) is 8.42 Å². The summed E-state index contributed by atoms with van der Waals surface area (Å²) in [6.45, 7) is 4.75. The summed E-state index contributed by atoms with van der Waals surface area (Å²) in [6, 6.07) is 3.99. The Kier molecular flexibility index (Phi) is 5.21. The SMILES string of the molecule is C[C@H]1CN(C(N)=NS(=O)(=O)c2ccc(Cl)c(Cl)c2)C[C@H](C)O1. The van der Waals surface area contributed by atoms with E-state index in [1.54, 1.807) is 4.90 Å². The Morgan fingerprint density at radius 1 is 1.27 bits per heavy atom. The maximum atomic E-state index is 12.3. The molecule has 6 nitrogen and oxygen atoms in total. The van der Waals surface area contributed by atoms with Gasteiger partial charge in [-0.1, -0.05) is 23.2 Å². The number of morpholine rings is 1. The number of nitrogens with two attached hydrogens (primary N) is 1. The fourth-order valence-electron chi connectivity index (χ4n) is 2.24. The Hall–Kier alpha value is -1.02. The molecule has 0 unspecified atom stereocenters. The van der Waals surface area contributed by atoms with Gasteiger partial charge in [0, 0.05) is 13.1 Å². The van der Waals surface area contributed by atoms with Crippen molar-refractivity contribution in [2.24, 2.45) is 10.1 Å². The summed E-state index contributed by atoms with van der Waals surface area (Å²) < 4.78 is 33.8. The van der Waals surface area contributed by atoms with Crippen molar-refractivity contribution in [1.29, 1.82) is 0 Å². The Morgan fingerprint density at radius 2 is 1.86 bits per heavy atom. The smallest absolute Gasteiger partial charge is 0.285 e. The second-order valence-electron chi connectivity index (χ2n) is 5.16. The van der Waals surface area contributed by atoms with Crippen LogP contribution in [0.2, 0.25) is 10.0 Å². The van der Waals surface area contributed by atoms with Crippen LogP contribution < -0.4 is 5.73 Å². The van der Waals surface area contributed by atoms with Crippen LogP contribution in [-0.2, 0) is 14.8 Å². The van der Waals surface area contributed by atoms with Crippen molar-refractivity contribution in [3.63, 3.8) is 0 Å². The third kappa shape index (κ3) is 4.04. The van der Waals surface area contributed by atoms with E-state index in [1.165, 1.54) is 18.2 Å². The number of hydrogen-bond acceptors (Lipinski definition) is 3. The molecule has 0 saturated carbocycles. The Labute approximate surface area is 139 Å². The van der Waals surface area contributed by atoms with E-state index in [4.69, 9.17) is 33.7 Å². The van der Waals surface area contributed by atoms with E-state index < -0.39 is 10.0 Å². The summed E-state index contributed by atoms with van der Waals surface area (Å²) in [5.41, 5.74) is 5.85. The number of ether oxygens (including phenoxy) is 1. The summed E-state index contributed by atoms with van der Waals surface area (Å²) >= 11 is 11.6. The van der Waals surface area contributed by atoms with E-state index in [0.717, 1.165) is 0 Å². The number of nitrogens with zero attached hydrogens (tertiary/aromatic N) is 2. The molecule has 1 aromatic carbocycles. The number of halogens is 2. The first-order valence-electron chi connectivity index (χ1n) is 6.65. The number of benzene rings is 1. The summed E-state index contributed by atoms with van der Waals surface area (Å²) in [5.74, 6) is -0.0620. The average Bonchev–Trinajstić information content (AvgIpc) is 2.40. The zero-order valence-corrected chi connectivity index (χ0v) is 14.5. The maximum Gasteiger partial charge on any atom is 0.285 e. The van der Waals surface area contributed by atoms with Crippen molar-refractivity contribution in [3.05, 3.63) is 28.2 Å². The van der Waals surface area contributed by atoms with E-state index >= 15 is 0 Å². The van der Waals surface area contributed by atoms with Gasteiger partial charge < -0.3 is 15.4 Å². The van der Waals surface area contributed by atoms with Crippen LogP contribution in [-0.4, -0.2) is 44.6 Å². The van der Waals surface area contributed by atoms with Gasteiger partial charge in [0.05, 0.1) is 27.1 Å². The van der Waals surface area contributed by atoms with Crippen LogP contribution in [0, 0.1) is 0 Å². The van der Waals surface area contributed by atoms with E-state index in [9.17, 15) is 8.42 Å². The van der Waals surface area contributed by atoms with Crippen molar-refractivity contribution in [3.8, 4) is 0 Å². The van der Waals surface area contributed by atoms with Crippen LogP contribution in [0.3, 0.4) is 0 Å². The molecule has 0 aliphatic carbocycles. The third-order valence-electron chi connectivity index (χ3n) is 3.15. The van der Waals surface area contributed by atoms with E-state index in [-0.39, 0.29) is 33.1 Å². The molecule has 0 bridgehead atoms. The standard InChI is InChI=1S/C13H17Cl2N3O3S/c1-8-6-18(7-9(2)21-8)13(16)17-22(19,20)10-3-4-11(14)12(15)5-10/h3-5,8-9H,6-7H2,1-2H3,(H2,16,17)/t8-,9-/m0/s1. The second kappa shape index (κ2) is 6.62. The normalized spacial score (nSPS) is 23.6. The van der Waals surface area contributed by atoms with Gasteiger partial charge in [-0.25, -0.2) is 0 Å². The molecule has 22 heavy (non-hydrogen) atoms. The van der Waals surface area contributed by atoms with Gasteiger partial charge >= 0.3 is 0 Å². The lowest BCUT2D eigenvalue weighted by molar-refractivity contribution is -0.0483. The van der Waals surface area contributed by atoms with Crippen molar-refractivity contribution >= 4 is 39.2 Å². The summed E-state index contributed by atoms with van der Waals surface area (Å²) in [4.78, 5) is 1.63. The Bertz CT molecular complexity index is 684. The second-order valence-corrected chi connectivity index (χ2v) is 7.58. The van der Waals surface area contributed by atoms with Crippen LogP contribution in [0.15, 0.2) is 27.5 Å². The van der Waals surface area contributed by atoms with Crippen molar-refractivity contribution in [2.45, 2.75) is 31.0 Å². The zero-order chi connectivity index (χ0) is 16.5. The minimum atomic E-state index is -3.95. The average molecular weight is 366 g/mol. The quantitative estimate of drug-likeness (QED) is 0.640. The lowest BCUT2D eigenvalue weighted by Gasteiger charge is -2.35. The van der Waals surface area contributed by atoms with E-state index in [0.29, 0.717) is 13.1 Å². The summed E-state index contributed by atoms with van der Waals surface area (Å²) in [7, 11) is -3.95. The third-order valence-corrected chi connectivity index (χ3v) is 5.16. The number of hydrogen-bond donors (Lipinski definition) is 1. The van der Waals surface area contributed by atoms with Gasteiger partial charge in [0.25, 0.3) is 10.0 Å². The predicted octanol–water partition coefficient (Wildman–Crippen LogP) is 2.11. The van der Waals surface area contributed by atoms with Crippen LogP contribution in [0.25, 0.3) is 0 Å². The molecule has 0 spiro atoms. The molecule has 0 radical (unpaired) electrons. The topological polar surface area (TPSA) is 85.0 Å². The lowest BCUT2D eigenvalue weighted by atomic mass is 10.2.